The Hall–Kier alpha value is -2.36. The number of amides is 1. The average molecular weight is 484 g/mol. The summed E-state index contributed by atoms with van der Waals surface area (Å²) in [6, 6.07) is 9.76. The van der Waals surface area contributed by atoms with Crippen LogP contribution < -0.4 is 14.8 Å². The van der Waals surface area contributed by atoms with Gasteiger partial charge in [0.1, 0.15) is 5.69 Å². The van der Waals surface area contributed by atoms with Gasteiger partial charge in [0.15, 0.2) is 11.5 Å². The number of rotatable bonds is 9. The van der Waals surface area contributed by atoms with E-state index in [0.717, 1.165) is 16.4 Å². The molecule has 2 aromatic carbocycles. The molecule has 0 saturated heterocycles. The van der Waals surface area contributed by atoms with E-state index in [9.17, 15) is 14.9 Å². The molecule has 0 spiro atoms. The molecular weight excluding hydrogens is 463 g/mol. The Balaban J connectivity index is 2.42. The normalized spacial score (nSPS) is 10.3. The summed E-state index contributed by atoms with van der Waals surface area (Å²) in [5.74, 6) is 0.241. The summed E-state index contributed by atoms with van der Waals surface area (Å²) < 4.78 is 12.0. The van der Waals surface area contributed by atoms with Gasteiger partial charge in [-0.3, -0.25) is 14.9 Å². The van der Waals surface area contributed by atoms with E-state index < -0.39 is 10.8 Å². The third kappa shape index (κ3) is 5.56. The molecular formula is C19H21IN2O5. The Kier molecular flexibility index (Phi) is 7.83. The summed E-state index contributed by atoms with van der Waals surface area (Å²) in [6.45, 7) is 4.74. The summed E-state index contributed by atoms with van der Waals surface area (Å²) in [5, 5.41) is 14.1. The Labute approximate surface area is 171 Å². The summed E-state index contributed by atoms with van der Waals surface area (Å²) in [6.07, 6.45) is 1.53. The fraction of sp³-hybridized carbons (Fsp3) is 0.316. The van der Waals surface area contributed by atoms with Gasteiger partial charge in [-0.15, -0.1) is 0 Å². The first kappa shape index (κ1) is 20.9. The van der Waals surface area contributed by atoms with Crippen molar-refractivity contribution in [2.45, 2.75) is 26.7 Å². The zero-order valence-electron chi connectivity index (χ0n) is 15.2. The smallest absolute Gasteiger partial charge is 0.296 e. The lowest BCUT2D eigenvalue weighted by Crippen LogP contribution is -2.15. The lowest BCUT2D eigenvalue weighted by molar-refractivity contribution is -0.384. The van der Waals surface area contributed by atoms with Crippen molar-refractivity contribution in [3.8, 4) is 11.5 Å². The maximum Gasteiger partial charge on any atom is 0.296 e. The largest absolute Gasteiger partial charge is 0.490 e. The molecule has 0 saturated carbocycles. The van der Waals surface area contributed by atoms with Gasteiger partial charge in [0, 0.05) is 9.64 Å². The fourth-order valence-corrected chi connectivity index (χ4v) is 2.92. The number of nitro benzene ring substituents is 1. The highest BCUT2D eigenvalue weighted by Gasteiger charge is 2.22. The van der Waals surface area contributed by atoms with Crippen molar-refractivity contribution >= 4 is 39.9 Å². The SMILES string of the molecule is CCCOc1cc(NC(=O)c2ccccc2I)c([N+](=O)[O-])cc1OCCC. The van der Waals surface area contributed by atoms with E-state index in [-0.39, 0.29) is 11.4 Å². The van der Waals surface area contributed by atoms with Crippen LogP contribution in [0.3, 0.4) is 0 Å². The van der Waals surface area contributed by atoms with Gasteiger partial charge >= 0.3 is 0 Å². The average Bonchev–Trinajstić information content (AvgIpc) is 2.65. The molecule has 0 aliphatic carbocycles. The number of nitrogens with zero attached hydrogens (tertiary/aromatic N) is 1. The number of hydrogen-bond acceptors (Lipinski definition) is 5. The Morgan fingerprint density at radius 2 is 1.70 bits per heavy atom. The highest BCUT2D eigenvalue weighted by atomic mass is 127. The van der Waals surface area contributed by atoms with Gasteiger partial charge in [-0.1, -0.05) is 26.0 Å². The standard InChI is InChI=1S/C19H21IN2O5/c1-3-9-26-17-11-15(16(22(24)25)12-18(17)27-10-4-2)21-19(23)13-7-5-6-8-14(13)20/h5-8,11-12H,3-4,9-10H2,1-2H3,(H,21,23). The van der Waals surface area contributed by atoms with Gasteiger partial charge < -0.3 is 14.8 Å². The number of nitro groups is 1. The number of nitrogens with one attached hydrogen (secondary N) is 1. The molecule has 8 heteroatoms. The summed E-state index contributed by atoms with van der Waals surface area (Å²) in [5.41, 5.74) is 0.263. The van der Waals surface area contributed by atoms with Crippen molar-refractivity contribution in [1.29, 1.82) is 0 Å². The van der Waals surface area contributed by atoms with Crippen LogP contribution in [0.4, 0.5) is 11.4 Å². The van der Waals surface area contributed by atoms with Gasteiger partial charge in [0.2, 0.25) is 0 Å². The second-order valence-corrected chi connectivity index (χ2v) is 6.87. The number of benzene rings is 2. The molecule has 0 aliphatic heterocycles. The molecule has 27 heavy (non-hydrogen) atoms. The molecule has 1 N–H and O–H groups in total. The topological polar surface area (TPSA) is 90.7 Å². The zero-order chi connectivity index (χ0) is 19.8. The molecule has 1 amide bonds. The molecule has 2 rings (SSSR count). The van der Waals surface area contributed by atoms with Gasteiger partial charge in [0.05, 0.1) is 29.8 Å². The van der Waals surface area contributed by atoms with Gasteiger partial charge in [-0.05, 0) is 47.6 Å². The molecule has 144 valence electrons. The van der Waals surface area contributed by atoms with Crippen LogP contribution in [0.25, 0.3) is 0 Å². The summed E-state index contributed by atoms with van der Waals surface area (Å²) in [4.78, 5) is 23.5. The molecule has 2 aromatic rings. The monoisotopic (exact) mass is 484 g/mol. The molecule has 0 aliphatic rings. The minimum Gasteiger partial charge on any atom is -0.490 e. The number of anilines is 1. The van der Waals surface area contributed by atoms with Crippen molar-refractivity contribution < 1.29 is 19.2 Å². The van der Waals surface area contributed by atoms with E-state index in [1.165, 1.54) is 12.1 Å². The minimum absolute atomic E-state index is 0.0691. The minimum atomic E-state index is -0.548. The molecule has 0 aromatic heterocycles. The number of carbonyl (C=O) groups excluding carboxylic acids is 1. The van der Waals surface area contributed by atoms with Gasteiger partial charge in [-0.25, -0.2) is 0 Å². The van der Waals surface area contributed by atoms with E-state index >= 15 is 0 Å². The molecule has 0 radical (unpaired) electrons. The predicted octanol–water partition coefficient (Wildman–Crippen LogP) is 5.03. The summed E-state index contributed by atoms with van der Waals surface area (Å²) >= 11 is 2.05. The molecule has 0 heterocycles. The number of halogens is 1. The van der Waals surface area contributed by atoms with Crippen LogP contribution in [0, 0.1) is 13.7 Å². The first-order chi connectivity index (χ1) is 13.0. The Morgan fingerprint density at radius 3 is 2.26 bits per heavy atom. The van der Waals surface area contributed by atoms with Crippen molar-refractivity contribution in [3.63, 3.8) is 0 Å². The van der Waals surface area contributed by atoms with E-state index in [4.69, 9.17) is 9.47 Å². The van der Waals surface area contributed by atoms with Crippen LogP contribution in [0.5, 0.6) is 11.5 Å². The van der Waals surface area contributed by atoms with Crippen molar-refractivity contribution in [2.75, 3.05) is 18.5 Å². The molecule has 0 atom stereocenters. The van der Waals surface area contributed by atoms with Crippen LogP contribution in [0.1, 0.15) is 37.0 Å². The molecule has 7 nitrogen and oxygen atoms in total. The van der Waals surface area contributed by atoms with E-state index in [0.29, 0.717) is 30.3 Å². The van der Waals surface area contributed by atoms with Crippen LogP contribution in [0.15, 0.2) is 36.4 Å². The van der Waals surface area contributed by atoms with Gasteiger partial charge in [-0.2, -0.15) is 0 Å². The fourth-order valence-electron chi connectivity index (χ4n) is 2.29. The maximum absolute atomic E-state index is 12.6. The quantitative estimate of drug-likeness (QED) is 0.306. The third-order valence-corrected chi connectivity index (χ3v) is 4.49. The number of ether oxygens (including phenoxy) is 2. The second kappa shape index (κ2) is 10.1. The first-order valence-corrected chi connectivity index (χ1v) is 9.69. The van der Waals surface area contributed by atoms with Crippen molar-refractivity contribution in [2.24, 2.45) is 0 Å². The lowest BCUT2D eigenvalue weighted by atomic mass is 10.2. The summed E-state index contributed by atoms with van der Waals surface area (Å²) in [7, 11) is 0. The number of hydrogen-bond donors (Lipinski definition) is 1. The van der Waals surface area contributed by atoms with Crippen molar-refractivity contribution in [3.05, 3.63) is 55.6 Å². The van der Waals surface area contributed by atoms with Crippen LogP contribution in [0.2, 0.25) is 0 Å². The lowest BCUT2D eigenvalue weighted by Gasteiger charge is -2.15. The highest BCUT2D eigenvalue weighted by molar-refractivity contribution is 14.1. The van der Waals surface area contributed by atoms with Gasteiger partial charge in [0.25, 0.3) is 11.6 Å². The van der Waals surface area contributed by atoms with E-state index in [1.54, 1.807) is 18.2 Å². The molecule has 0 unspecified atom stereocenters. The second-order valence-electron chi connectivity index (χ2n) is 5.70. The molecule has 0 fully saturated rings. The highest BCUT2D eigenvalue weighted by Crippen LogP contribution is 2.38. The predicted molar refractivity (Wildman–Crippen MR) is 112 cm³/mol. The number of carbonyl (C=O) groups is 1. The molecule has 0 bridgehead atoms. The Morgan fingerprint density at radius 1 is 1.11 bits per heavy atom. The first-order valence-electron chi connectivity index (χ1n) is 8.61. The maximum atomic E-state index is 12.6. The Bertz CT molecular complexity index is 826. The third-order valence-electron chi connectivity index (χ3n) is 3.55. The van der Waals surface area contributed by atoms with Crippen LogP contribution >= 0.6 is 22.6 Å². The van der Waals surface area contributed by atoms with E-state index in [1.807, 2.05) is 42.5 Å². The van der Waals surface area contributed by atoms with E-state index in [2.05, 4.69) is 5.32 Å². The van der Waals surface area contributed by atoms with Crippen molar-refractivity contribution in [1.82, 2.24) is 0 Å². The van der Waals surface area contributed by atoms with Crippen LogP contribution in [-0.2, 0) is 0 Å². The van der Waals surface area contributed by atoms with Crippen LogP contribution in [-0.4, -0.2) is 24.0 Å². The zero-order valence-corrected chi connectivity index (χ0v) is 17.3.